The maximum absolute atomic E-state index is 13.5. The van der Waals surface area contributed by atoms with Crippen LogP contribution in [0.5, 0.6) is 6.01 Å². The number of ether oxygens (including phenoxy) is 1. The first kappa shape index (κ1) is 26.2. The van der Waals surface area contributed by atoms with Crippen LogP contribution in [0.25, 0.3) is 0 Å². The Labute approximate surface area is 219 Å². The molecule has 1 unspecified atom stereocenters. The molecule has 1 N–H and O–H groups in total. The number of aromatic nitrogens is 2. The Bertz CT molecular complexity index is 1260. The smallest absolute Gasteiger partial charge is 0.316 e. The largest absolute Gasteiger partial charge is 0.467 e. The third kappa shape index (κ3) is 6.49. The van der Waals surface area contributed by atoms with Crippen LogP contribution in [-0.4, -0.2) is 70.4 Å². The van der Waals surface area contributed by atoms with Crippen molar-refractivity contribution >= 4 is 39.2 Å². The van der Waals surface area contributed by atoms with Crippen LogP contribution >= 0.6 is 0 Å². The second-order valence-electron chi connectivity index (χ2n) is 8.82. The topological polar surface area (TPSA) is 90.9 Å². The molecule has 37 heavy (non-hydrogen) atoms. The molecule has 1 fully saturated rings. The molecule has 1 aliphatic rings. The number of halogens is 1. The lowest BCUT2D eigenvalue weighted by atomic mass is 10.1. The monoisotopic (exact) mass is 524 g/mol. The molecular formula is C26H29FN6O3S. The van der Waals surface area contributed by atoms with Gasteiger partial charge in [0.25, 0.3) is 0 Å². The van der Waals surface area contributed by atoms with Gasteiger partial charge in [-0.1, -0.05) is 12.1 Å². The third-order valence-electron chi connectivity index (χ3n) is 6.15. The fourth-order valence-electron chi connectivity index (χ4n) is 4.17. The molecule has 2 heterocycles. The Kier molecular flexibility index (Phi) is 8.47. The van der Waals surface area contributed by atoms with Gasteiger partial charge in [0.1, 0.15) is 22.1 Å². The highest BCUT2D eigenvalue weighted by atomic mass is 32.1. The first-order valence-electron chi connectivity index (χ1n) is 11.7. The molecule has 0 saturated carbocycles. The summed E-state index contributed by atoms with van der Waals surface area (Å²) < 4.78 is 30.8. The molecule has 0 radical (unpaired) electrons. The molecule has 4 rings (SSSR count). The molecular weight excluding hydrogens is 495 g/mol. The highest BCUT2D eigenvalue weighted by molar-refractivity contribution is 7.67. The molecule has 0 aliphatic carbocycles. The Balaban J connectivity index is 1.52. The van der Waals surface area contributed by atoms with Crippen molar-refractivity contribution in [2.45, 2.75) is 18.9 Å². The van der Waals surface area contributed by atoms with Gasteiger partial charge in [-0.25, -0.2) is 18.6 Å². The zero-order valence-electron chi connectivity index (χ0n) is 20.9. The number of nitrogens with one attached hydrogen (secondary N) is 1. The standard InChI is InChI=1S/C26H29FN6O3S/c1-31(2)21-8-4-18(5-9-21)12-13-32-17-33(22-10-6-19(27)7-11-22)25(37-35)23(32)14-24(34)30-20-15-28-26(36-3)29-16-20/h4-11,15-16,23H,12-14,17H2,1-3H3,(H,30,34). The zero-order valence-corrected chi connectivity index (χ0v) is 21.7. The summed E-state index contributed by atoms with van der Waals surface area (Å²) in [5.41, 5.74) is 3.40. The molecule has 194 valence electrons. The highest BCUT2D eigenvalue weighted by Gasteiger charge is 2.38. The molecule has 1 amide bonds. The van der Waals surface area contributed by atoms with Crippen LogP contribution in [0.2, 0.25) is 0 Å². The van der Waals surface area contributed by atoms with E-state index < -0.39 is 6.04 Å². The fraction of sp³-hybridized carbons (Fsp3) is 0.308. The van der Waals surface area contributed by atoms with Gasteiger partial charge in [0, 0.05) is 38.4 Å². The molecule has 0 spiro atoms. The van der Waals surface area contributed by atoms with Crippen LogP contribution in [-0.2, 0) is 22.5 Å². The number of anilines is 3. The van der Waals surface area contributed by atoms with Crippen LogP contribution in [0.15, 0.2) is 60.9 Å². The number of benzene rings is 2. The maximum atomic E-state index is 13.5. The molecule has 1 saturated heterocycles. The summed E-state index contributed by atoms with van der Waals surface area (Å²) in [5.74, 6) is -0.624. The van der Waals surface area contributed by atoms with Crippen LogP contribution in [0.4, 0.5) is 21.5 Å². The second-order valence-corrected chi connectivity index (χ2v) is 9.40. The van der Waals surface area contributed by atoms with Crippen molar-refractivity contribution in [2.24, 2.45) is 0 Å². The number of hydrogen-bond acceptors (Lipinski definition) is 7. The average molecular weight is 525 g/mol. The Morgan fingerprint density at radius 3 is 2.41 bits per heavy atom. The van der Waals surface area contributed by atoms with Gasteiger partial charge in [-0.05, 0) is 48.4 Å². The van der Waals surface area contributed by atoms with Gasteiger partial charge in [-0.15, -0.1) is 0 Å². The summed E-state index contributed by atoms with van der Waals surface area (Å²) in [6.45, 7) is 1.04. The first-order valence-corrected chi connectivity index (χ1v) is 12.5. The average Bonchev–Trinajstić information content (AvgIpc) is 3.25. The lowest BCUT2D eigenvalue weighted by Gasteiger charge is -2.22. The minimum atomic E-state index is -0.437. The number of rotatable bonds is 9. The van der Waals surface area contributed by atoms with Gasteiger partial charge in [0.2, 0.25) is 5.91 Å². The van der Waals surface area contributed by atoms with E-state index in [0.717, 1.165) is 17.7 Å². The van der Waals surface area contributed by atoms with Crippen LogP contribution in [0.3, 0.4) is 0 Å². The van der Waals surface area contributed by atoms with E-state index in [-0.39, 0.29) is 24.2 Å². The van der Waals surface area contributed by atoms with E-state index in [9.17, 15) is 13.4 Å². The molecule has 0 bridgehead atoms. The first-order chi connectivity index (χ1) is 17.9. The molecule has 1 aromatic heterocycles. The van der Waals surface area contributed by atoms with E-state index in [1.54, 1.807) is 12.1 Å². The van der Waals surface area contributed by atoms with E-state index >= 15 is 0 Å². The Morgan fingerprint density at radius 1 is 1.14 bits per heavy atom. The van der Waals surface area contributed by atoms with Crippen LogP contribution in [0, 0.1) is 5.82 Å². The van der Waals surface area contributed by atoms with E-state index in [2.05, 4.69) is 44.5 Å². The fourth-order valence-corrected chi connectivity index (χ4v) is 4.76. The van der Waals surface area contributed by atoms with E-state index in [1.165, 1.54) is 31.6 Å². The molecule has 3 aromatic rings. The number of carbonyl (C=O) groups excluding carboxylic acids is 1. The minimum absolute atomic E-state index is 0.0634. The summed E-state index contributed by atoms with van der Waals surface area (Å²) in [6.07, 6.45) is 3.73. The van der Waals surface area contributed by atoms with Crippen molar-refractivity contribution in [3.8, 4) is 6.01 Å². The number of methoxy groups -OCH3 is 1. The predicted molar refractivity (Wildman–Crippen MR) is 144 cm³/mol. The van der Waals surface area contributed by atoms with Crippen molar-refractivity contribution < 1.29 is 18.1 Å². The van der Waals surface area contributed by atoms with E-state index in [0.29, 0.717) is 40.8 Å². The van der Waals surface area contributed by atoms with Crippen LogP contribution in [0.1, 0.15) is 12.0 Å². The number of carbonyl (C=O) groups is 1. The van der Waals surface area contributed by atoms with Crippen molar-refractivity contribution in [3.63, 3.8) is 0 Å². The SMILES string of the molecule is COc1ncc(NC(=O)CC2C(=S=O)N(c3ccc(F)cc3)CN2CCc2ccc(N(C)C)cc2)cn1. The lowest BCUT2D eigenvalue weighted by Crippen LogP contribution is -2.38. The summed E-state index contributed by atoms with van der Waals surface area (Å²) >= 11 is 0.362. The van der Waals surface area contributed by atoms with Gasteiger partial charge < -0.3 is 19.9 Å². The highest BCUT2D eigenvalue weighted by Crippen LogP contribution is 2.26. The Morgan fingerprint density at radius 2 is 1.81 bits per heavy atom. The molecule has 9 nitrogen and oxygen atoms in total. The number of nitrogens with zero attached hydrogens (tertiary/aromatic N) is 5. The number of hydrogen-bond donors (Lipinski definition) is 1. The van der Waals surface area contributed by atoms with Gasteiger partial charge in [0.15, 0.2) is 0 Å². The summed E-state index contributed by atoms with van der Waals surface area (Å²) in [6, 6.07) is 14.1. The third-order valence-corrected chi connectivity index (χ3v) is 6.82. The van der Waals surface area contributed by atoms with Crippen molar-refractivity contribution in [1.82, 2.24) is 14.9 Å². The molecule has 2 aromatic carbocycles. The van der Waals surface area contributed by atoms with Gasteiger partial charge in [-0.3, -0.25) is 9.69 Å². The minimum Gasteiger partial charge on any atom is -0.467 e. The Hall–Kier alpha value is -3.83. The summed E-state index contributed by atoms with van der Waals surface area (Å²) in [5, 5.41) is 2.79. The quantitative estimate of drug-likeness (QED) is 0.428. The molecule has 1 aliphatic heterocycles. The lowest BCUT2D eigenvalue weighted by molar-refractivity contribution is -0.116. The summed E-state index contributed by atoms with van der Waals surface area (Å²) in [4.78, 5) is 27.5. The zero-order chi connectivity index (χ0) is 26.4. The van der Waals surface area contributed by atoms with E-state index in [1.807, 2.05) is 23.9 Å². The second kappa shape index (κ2) is 11.9. The van der Waals surface area contributed by atoms with Gasteiger partial charge >= 0.3 is 6.01 Å². The van der Waals surface area contributed by atoms with E-state index in [4.69, 9.17) is 4.74 Å². The maximum Gasteiger partial charge on any atom is 0.316 e. The predicted octanol–water partition coefficient (Wildman–Crippen LogP) is 2.75. The van der Waals surface area contributed by atoms with Crippen molar-refractivity contribution in [3.05, 3.63) is 72.3 Å². The van der Waals surface area contributed by atoms with Crippen molar-refractivity contribution in [2.75, 3.05) is 49.5 Å². The van der Waals surface area contributed by atoms with Gasteiger partial charge in [0.05, 0.1) is 37.9 Å². The number of amides is 1. The van der Waals surface area contributed by atoms with Crippen molar-refractivity contribution in [1.29, 1.82) is 0 Å². The normalized spacial score (nSPS) is 15.5. The summed E-state index contributed by atoms with van der Waals surface area (Å²) in [7, 11) is 5.45. The molecule has 1 atom stereocenters. The van der Waals surface area contributed by atoms with Crippen LogP contribution < -0.4 is 19.9 Å². The van der Waals surface area contributed by atoms with Gasteiger partial charge in [-0.2, -0.15) is 0 Å². The molecule has 11 heteroatoms.